The molecule has 2 aromatic rings. The van der Waals surface area contributed by atoms with E-state index in [9.17, 15) is 10.1 Å². The molecular formula is C19H25ClN4O2. The highest BCUT2D eigenvalue weighted by atomic mass is 35.5. The number of pyridine rings is 1. The number of nitro benzene ring substituents is 1. The van der Waals surface area contributed by atoms with E-state index in [0.29, 0.717) is 6.54 Å². The molecule has 7 heteroatoms. The Kier molecular flexibility index (Phi) is 7.08. The number of nitro groups is 1. The minimum Gasteiger partial charge on any atom is -0.314 e. The van der Waals surface area contributed by atoms with E-state index in [1.54, 1.807) is 6.07 Å². The summed E-state index contributed by atoms with van der Waals surface area (Å²) in [4.78, 5) is 17.6. The first kappa shape index (κ1) is 20.3. The minimum absolute atomic E-state index is 0. The molecule has 3 rings (SSSR count). The molecular weight excluding hydrogens is 352 g/mol. The molecule has 1 aliphatic rings. The zero-order valence-electron chi connectivity index (χ0n) is 15.1. The third-order valence-electron chi connectivity index (χ3n) is 4.74. The molecule has 1 aromatic carbocycles. The van der Waals surface area contributed by atoms with Crippen molar-refractivity contribution < 1.29 is 4.92 Å². The number of rotatable bonds is 5. The lowest BCUT2D eigenvalue weighted by Crippen LogP contribution is -2.45. The number of halogens is 1. The van der Waals surface area contributed by atoms with Crippen molar-refractivity contribution in [1.82, 2.24) is 15.2 Å². The number of piperazine rings is 1. The average molecular weight is 377 g/mol. The summed E-state index contributed by atoms with van der Waals surface area (Å²) in [6, 6.07) is 9.99. The summed E-state index contributed by atoms with van der Waals surface area (Å²) in [6.45, 7) is 7.38. The van der Waals surface area contributed by atoms with Crippen molar-refractivity contribution in [2.24, 2.45) is 0 Å². The van der Waals surface area contributed by atoms with Crippen molar-refractivity contribution in [2.45, 2.75) is 32.4 Å². The first-order valence-corrected chi connectivity index (χ1v) is 8.68. The highest BCUT2D eigenvalue weighted by Crippen LogP contribution is 2.29. The monoisotopic (exact) mass is 376 g/mol. The number of hydrogen-bond acceptors (Lipinski definition) is 5. The van der Waals surface area contributed by atoms with Gasteiger partial charge in [-0.05, 0) is 29.2 Å². The lowest BCUT2D eigenvalue weighted by atomic mass is 9.98. The van der Waals surface area contributed by atoms with E-state index in [1.165, 1.54) is 5.56 Å². The number of hydrogen-bond donors (Lipinski definition) is 1. The topological polar surface area (TPSA) is 71.3 Å². The Labute approximate surface area is 160 Å². The summed E-state index contributed by atoms with van der Waals surface area (Å²) in [5, 5.41) is 14.9. The zero-order valence-corrected chi connectivity index (χ0v) is 15.9. The van der Waals surface area contributed by atoms with E-state index in [2.05, 4.69) is 15.2 Å². The molecule has 1 N–H and O–H groups in total. The van der Waals surface area contributed by atoms with Gasteiger partial charge < -0.3 is 5.32 Å². The Hall–Kier alpha value is -2.02. The third-order valence-corrected chi connectivity index (χ3v) is 4.74. The Bertz CT molecular complexity index is 740. The van der Waals surface area contributed by atoms with Crippen LogP contribution in [0.4, 0.5) is 5.69 Å². The van der Waals surface area contributed by atoms with E-state index in [-0.39, 0.29) is 35.0 Å². The predicted molar refractivity (Wildman–Crippen MR) is 105 cm³/mol. The highest BCUT2D eigenvalue weighted by molar-refractivity contribution is 5.85. The van der Waals surface area contributed by atoms with Crippen LogP contribution in [-0.4, -0.2) is 34.4 Å². The van der Waals surface area contributed by atoms with Gasteiger partial charge >= 0.3 is 0 Å². The predicted octanol–water partition coefficient (Wildman–Crippen LogP) is 3.68. The molecule has 1 aromatic heterocycles. The molecule has 0 aliphatic carbocycles. The summed E-state index contributed by atoms with van der Waals surface area (Å²) in [5.74, 6) is 0.137. The van der Waals surface area contributed by atoms with Crippen LogP contribution >= 0.6 is 12.4 Å². The van der Waals surface area contributed by atoms with Crippen LogP contribution < -0.4 is 5.32 Å². The van der Waals surface area contributed by atoms with Crippen LogP contribution in [0.2, 0.25) is 0 Å². The Morgan fingerprint density at radius 3 is 2.69 bits per heavy atom. The summed E-state index contributed by atoms with van der Waals surface area (Å²) in [5.41, 5.74) is 3.22. The Morgan fingerprint density at radius 1 is 1.31 bits per heavy atom. The number of aromatic nitrogens is 1. The standard InChI is InChI=1S/C19H24N4O2.ClH/c1-14(2)17-4-3-15(11-18(17)23(24)25)13-22-10-9-21-12-19(22)16-5-7-20-8-6-16;/h3-8,11,14,19,21H,9-10,12-13H2,1-2H3;1H. The van der Waals surface area contributed by atoms with Crippen LogP contribution in [0.1, 0.15) is 42.5 Å². The lowest BCUT2D eigenvalue weighted by Gasteiger charge is -2.36. The molecule has 26 heavy (non-hydrogen) atoms. The molecule has 0 amide bonds. The lowest BCUT2D eigenvalue weighted by molar-refractivity contribution is -0.385. The van der Waals surface area contributed by atoms with Crippen LogP contribution in [0, 0.1) is 10.1 Å². The Balaban J connectivity index is 0.00000243. The van der Waals surface area contributed by atoms with E-state index in [0.717, 1.165) is 30.8 Å². The molecule has 1 unspecified atom stereocenters. The van der Waals surface area contributed by atoms with E-state index < -0.39 is 0 Å². The van der Waals surface area contributed by atoms with Gasteiger partial charge in [0.05, 0.1) is 4.92 Å². The molecule has 2 heterocycles. The zero-order chi connectivity index (χ0) is 17.8. The van der Waals surface area contributed by atoms with Crippen LogP contribution in [0.3, 0.4) is 0 Å². The molecule has 1 saturated heterocycles. The summed E-state index contributed by atoms with van der Waals surface area (Å²) >= 11 is 0. The van der Waals surface area contributed by atoms with Gasteiger partial charge in [-0.1, -0.05) is 26.0 Å². The van der Waals surface area contributed by atoms with Gasteiger partial charge in [0.1, 0.15) is 0 Å². The largest absolute Gasteiger partial charge is 0.314 e. The van der Waals surface area contributed by atoms with Gasteiger partial charge in [-0.25, -0.2) is 0 Å². The smallest absolute Gasteiger partial charge is 0.273 e. The molecule has 0 spiro atoms. The minimum atomic E-state index is -0.267. The van der Waals surface area contributed by atoms with Gasteiger partial charge in [-0.2, -0.15) is 0 Å². The summed E-state index contributed by atoms with van der Waals surface area (Å²) < 4.78 is 0. The first-order chi connectivity index (χ1) is 12.1. The van der Waals surface area contributed by atoms with Gasteiger partial charge in [0.2, 0.25) is 0 Å². The van der Waals surface area contributed by atoms with E-state index in [4.69, 9.17) is 0 Å². The molecule has 1 aliphatic heterocycles. The highest BCUT2D eigenvalue weighted by Gasteiger charge is 2.25. The van der Waals surface area contributed by atoms with Crippen molar-refractivity contribution in [1.29, 1.82) is 0 Å². The molecule has 1 fully saturated rings. The second-order valence-corrected chi connectivity index (χ2v) is 6.78. The van der Waals surface area contributed by atoms with E-state index >= 15 is 0 Å². The average Bonchev–Trinajstić information content (AvgIpc) is 2.62. The van der Waals surface area contributed by atoms with Crippen molar-refractivity contribution in [3.05, 3.63) is 69.5 Å². The van der Waals surface area contributed by atoms with Crippen LogP contribution in [0.25, 0.3) is 0 Å². The van der Waals surface area contributed by atoms with Crippen LogP contribution in [-0.2, 0) is 6.54 Å². The first-order valence-electron chi connectivity index (χ1n) is 8.68. The second kappa shape index (κ2) is 9.07. The van der Waals surface area contributed by atoms with Crippen molar-refractivity contribution >= 4 is 18.1 Å². The molecule has 0 radical (unpaired) electrons. The van der Waals surface area contributed by atoms with Crippen molar-refractivity contribution in [3.63, 3.8) is 0 Å². The second-order valence-electron chi connectivity index (χ2n) is 6.78. The summed E-state index contributed by atoms with van der Waals surface area (Å²) in [6.07, 6.45) is 3.62. The van der Waals surface area contributed by atoms with Crippen molar-refractivity contribution in [3.8, 4) is 0 Å². The van der Waals surface area contributed by atoms with Crippen molar-refractivity contribution in [2.75, 3.05) is 19.6 Å². The number of nitrogens with zero attached hydrogens (tertiary/aromatic N) is 3. The SMILES string of the molecule is CC(C)c1ccc(CN2CCNCC2c2ccncc2)cc1[N+](=O)[O-].Cl. The maximum absolute atomic E-state index is 11.4. The quantitative estimate of drug-likeness (QED) is 0.636. The molecule has 140 valence electrons. The van der Waals surface area contributed by atoms with Crippen LogP contribution in [0.15, 0.2) is 42.7 Å². The number of benzene rings is 1. The van der Waals surface area contributed by atoms with Gasteiger partial charge in [-0.3, -0.25) is 20.0 Å². The fourth-order valence-corrected chi connectivity index (χ4v) is 3.42. The maximum Gasteiger partial charge on any atom is 0.273 e. The normalized spacial score (nSPS) is 17.7. The van der Waals surface area contributed by atoms with Gasteiger partial charge in [0, 0.05) is 56.2 Å². The third kappa shape index (κ3) is 4.58. The Morgan fingerprint density at radius 2 is 2.04 bits per heavy atom. The molecule has 0 saturated carbocycles. The molecule has 0 bridgehead atoms. The van der Waals surface area contributed by atoms with Gasteiger partial charge in [0.15, 0.2) is 0 Å². The van der Waals surface area contributed by atoms with Gasteiger partial charge in [-0.15, -0.1) is 12.4 Å². The molecule has 6 nitrogen and oxygen atoms in total. The van der Waals surface area contributed by atoms with E-state index in [1.807, 2.05) is 50.5 Å². The fraction of sp³-hybridized carbons (Fsp3) is 0.421. The number of nitrogens with one attached hydrogen (secondary N) is 1. The molecule has 1 atom stereocenters. The fourth-order valence-electron chi connectivity index (χ4n) is 3.42. The van der Waals surface area contributed by atoms with Crippen LogP contribution in [0.5, 0.6) is 0 Å². The maximum atomic E-state index is 11.4. The van der Waals surface area contributed by atoms with Gasteiger partial charge in [0.25, 0.3) is 5.69 Å². The summed E-state index contributed by atoms with van der Waals surface area (Å²) in [7, 11) is 0.